The lowest BCUT2D eigenvalue weighted by molar-refractivity contribution is -0.105. The van der Waals surface area contributed by atoms with E-state index in [9.17, 15) is 4.79 Å². The fraction of sp³-hybridized carbons (Fsp3) is 0.158. The first-order chi connectivity index (χ1) is 12.2. The van der Waals surface area contributed by atoms with Gasteiger partial charge >= 0.3 is 0 Å². The van der Waals surface area contributed by atoms with Crippen molar-refractivity contribution in [2.75, 3.05) is 20.0 Å². The number of carbonyl (C=O) groups is 1. The van der Waals surface area contributed by atoms with Crippen molar-refractivity contribution >= 4 is 18.0 Å². The van der Waals surface area contributed by atoms with Gasteiger partial charge in [0.2, 0.25) is 0 Å². The number of rotatable bonds is 7. The SMILES string of the molecule is COc1ccc(-c2nc(SCC=O)oc2-c2ccc(OC)cc2)cc1. The molecule has 6 heteroatoms. The van der Waals surface area contributed by atoms with Crippen LogP contribution in [0.3, 0.4) is 0 Å². The number of hydrogen-bond donors (Lipinski definition) is 0. The number of nitrogens with zero attached hydrogens (tertiary/aromatic N) is 1. The Balaban J connectivity index is 2.04. The van der Waals surface area contributed by atoms with E-state index < -0.39 is 0 Å². The van der Waals surface area contributed by atoms with Crippen molar-refractivity contribution < 1.29 is 18.7 Å². The van der Waals surface area contributed by atoms with Crippen LogP contribution in [0.5, 0.6) is 11.5 Å². The summed E-state index contributed by atoms with van der Waals surface area (Å²) < 4.78 is 16.3. The summed E-state index contributed by atoms with van der Waals surface area (Å²) >= 11 is 1.26. The van der Waals surface area contributed by atoms with Crippen molar-refractivity contribution in [1.29, 1.82) is 0 Å². The number of benzene rings is 2. The maximum atomic E-state index is 10.6. The number of methoxy groups -OCH3 is 2. The van der Waals surface area contributed by atoms with E-state index in [-0.39, 0.29) is 0 Å². The van der Waals surface area contributed by atoms with Crippen LogP contribution in [0.15, 0.2) is 58.2 Å². The van der Waals surface area contributed by atoms with E-state index in [0.29, 0.717) is 16.7 Å². The maximum Gasteiger partial charge on any atom is 0.257 e. The Hall–Kier alpha value is -2.73. The Morgan fingerprint density at radius 2 is 1.52 bits per heavy atom. The van der Waals surface area contributed by atoms with Crippen LogP contribution < -0.4 is 9.47 Å². The molecule has 128 valence electrons. The van der Waals surface area contributed by atoms with Crippen LogP contribution in [0.4, 0.5) is 0 Å². The Morgan fingerprint density at radius 3 is 2.04 bits per heavy atom. The van der Waals surface area contributed by atoms with Crippen molar-refractivity contribution in [2.45, 2.75) is 5.22 Å². The molecule has 25 heavy (non-hydrogen) atoms. The molecule has 0 amide bonds. The molecule has 0 aliphatic carbocycles. The monoisotopic (exact) mass is 355 g/mol. The van der Waals surface area contributed by atoms with E-state index in [1.807, 2.05) is 48.5 Å². The average molecular weight is 355 g/mol. The molecule has 0 bridgehead atoms. The van der Waals surface area contributed by atoms with Gasteiger partial charge in [0, 0.05) is 11.1 Å². The maximum absolute atomic E-state index is 10.6. The molecule has 2 aromatic carbocycles. The molecule has 0 saturated heterocycles. The summed E-state index contributed by atoms with van der Waals surface area (Å²) in [4.78, 5) is 15.2. The second-order valence-electron chi connectivity index (χ2n) is 5.09. The standard InChI is InChI=1S/C19H17NO4S/c1-22-15-7-3-13(4-8-15)17-18(24-19(20-17)25-12-11-21)14-5-9-16(23-2)10-6-14/h3-11H,12H2,1-2H3. The van der Waals surface area contributed by atoms with Crippen molar-refractivity contribution in [3.05, 3.63) is 48.5 Å². The fourth-order valence-corrected chi connectivity index (χ4v) is 2.86. The van der Waals surface area contributed by atoms with Gasteiger partial charge in [-0.2, -0.15) is 0 Å². The normalized spacial score (nSPS) is 10.5. The highest BCUT2D eigenvalue weighted by Gasteiger charge is 2.17. The lowest BCUT2D eigenvalue weighted by Crippen LogP contribution is -1.86. The van der Waals surface area contributed by atoms with Gasteiger partial charge < -0.3 is 18.7 Å². The predicted molar refractivity (Wildman–Crippen MR) is 97.3 cm³/mol. The molecule has 3 rings (SSSR count). The molecule has 3 aromatic rings. The lowest BCUT2D eigenvalue weighted by atomic mass is 10.1. The molecule has 0 unspecified atom stereocenters. The highest BCUT2D eigenvalue weighted by atomic mass is 32.2. The number of hydrogen-bond acceptors (Lipinski definition) is 6. The van der Waals surface area contributed by atoms with Crippen LogP contribution in [0.1, 0.15) is 0 Å². The quantitative estimate of drug-likeness (QED) is 0.465. The van der Waals surface area contributed by atoms with Crippen molar-refractivity contribution in [3.63, 3.8) is 0 Å². The minimum Gasteiger partial charge on any atom is -0.497 e. The minimum absolute atomic E-state index is 0.296. The largest absolute Gasteiger partial charge is 0.497 e. The predicted octanol–water partition coefficient (Wildman–Crippen LogP) is 4.32. The Bertz CT molecular complexity index is 776. The summed E-state index contributed by atoms with van der Waals surface area (Å²) in [6.45, 7) is 0. The number of carbonyl (C=O) groups excluding carboxylic acids is 1. The molecule has 0 aliphatic rings. The summed E-state index contributed by atoms with van der Waals surface area (Å²) in [5.41, 5.74) is 2.52. The van der Waals surface area contributed by atoms with E-state index >= 15 is 0 Å². The number of aromatic nitrogens is 1. The number of oxazole rings is 1. The zero-order valence-corrected chi connectivity index (χ0v) is 14.7. The summed E-state index contributed by atoms with van der Waals surface area (Å²) in [5.74, 6) is 2.49. The van der Waals surface area contributed by atoms with Gasteiger partial charge in [0.1, 0.15) is 23.5 Å². The molecule has 0 atom stereocenters. The molecule has 1 heterocycles. The second kappa shape index (κ2) is 7.90. The summed E-state index contributed by atoms with van der Waals surface area (Å²) in [6, 6.07) is 15.2. The summed E-state index contributed by atoms with van der Waals surface area (Å²) in [5, 5.41) is 0.462. The van der Waals surface area contributed by atoms with Gasteiger partial charge in [0.15, 0.2) is 5.76 Å². The van der Waals surface area contributed by atoms with Crippen LogP contribution >= 0.6 is 11.8 Å². The first-order valence-corrected chi connectivity index (χ1v) is 8.60. The third kappa shape index (κ3) is 3.85. The number of aldehydes is 1. The van der Waals surface area contributed by atoms with Gasteiger partial charge in [0.05, 0.1) is 20.0 Å². The Labute approximate surface area is 150 Å². The topological polar surface area (TPSA) is 61.6 Å². The molecule has 0 spiro atoms. The third-order valence-corrected chi connectivity index (χ3v) is 4.32. The van der Waals surface area contributed by atoms with Crippen LogP contribution in [-0.4, -0.2) is 31.2 Å². The van der Waals surface area contributed by atoms with Crippen molar-refractivity contribution in [1.82, 2.24) is 4.98 Å². The van der Waals surface area contributed by atoms with Gasteiger partial charge in [-0.1, -0.05) is 11.8 Å². The zero-order valence-electron chi connectivity index (χ0n) is 13.9. The highest BCUT2D eigenvalue weighted by molar-refractivity contribution is 7.99. The molecule has 0 saturated carbocycles. The van der Waals surface area contributed by atoms with Gasteiger partial charge in [-0.3, -0.25) is 0 Å². The van der Waals surface area contributed by atoms with Crippen molar-refractivity contribution in [3.8, 4) is 34.1 Å². The third-order valence-electron chi connectivity index (χ3n) is 3.60. The molecule has 0 aliphatic heterocycles. The van der Waals surface area contributed by atoms with E-state index in [0.717, 1.165) is 34.6 Å². The smallest absolute Gasteiger partial charge is 0.257 e. The highest BCUT2D eigenvalue weighted by Crippen LogP contribution is 2.36. The first kappa shape index (κ1) is 17.1. The fourth-order valence-electron chi connectivity index (χ4n) is 2.35. The lowest BCUT2D eigenvalue weighted by Gasteiger charge is -2.04. The number of thioether (sulfide) groups is 1. The van der Waals surface area contributed by atoms with Crippen LogP contribution in [0, 0.1) is 0 Å². The first-order valence-electron chi connectivity index (χ1n) is 7.61. The summed E-state index contributed by atoms with van der Waals surface area (Å²) in [6.07, 6.45) is 0.828. The Kier molecular flexibility index (Phi) is 5.40. The van der Waals surface area contributed by atoms with Crippen molar-refractivity contribution in [2.24, 2.45) is 0 Å². The molecule has 5 nitrogen and oxygen atoms in total. The van der Waals surface area contributed by atoms with Gasteiger partial charge in [-0.05, 0) is 48.5 Å². The minimum atomic E-state index is 0.296. The molecule has 0 N–H and O–H groups in total. The Morgan fingerprint density at radius 1 is 0.960 bits per heavy atom. The molecule has 1 aromatic heterocycles. The van der Waals surface area contributed by atoms with Gasteiger partial charge in [0.25, 0.3) is 5.22 Å². The van der Waals surface area contributed by atoms with E-state index in [1.165, 1.54) is 11.8 Å². The van der Waals surface area contributed by atoms with E-state index in [1.54, 1.807) is 14.2 Å². The number of ether oxygens (including phenoxy) is 2. The van der Waals surface area contributed by atoms with Gasteiger partial charge in [-0.25, -0.2) is 4.98 Å². The van der Waals surface area contributed by atoms with Crippen LogP contribution in [0.2, 0.25) is 0 Å². The van der Waals surface area contributed by atoms with E-state index in [2.05, 4.69) is 4.98 Å². The zero-order chi connectivity index (χ0) is 17.6. The molecule has 0 radical (unpaired) electrons. The molecular weight excluding hydrogens is 338 g/mol. The second-order valence-corrected chi connectivity index (χ2v) is 6.06. The summed E-state index contributed by atoms with van der Waals surface area (Å²) in [7, 11) is 3.25. The van der Waals surface area contributed by atoms with Crippen LogP contribution in [-0.2, 0) is 4.79 Å². The molecular formula is C19H17NO4S. The molecule has 0 fully saturated rings. The average Bonchev–Trinajstić information content (AvgIpc) is 3.10. The van der Waals surface area contributed by atoms with Crippen LogP contribution in [0.25, 0.3) is 22.6 Å². The van der Waals surface area contributed by atoms with E-state index in [4.69, 9.17) is 13.9 Å². The van der Waals surface area contributed by atoms with Gasteiger partial charge in [-0.15, -0.1) is 0 Å².